The van der Waals surface area contributed by atoms with Crippen molar-refractivity contribution in [3.63, 3.8) is 0 Å². The second-order valence-electron chi connectivity index (χ2n) is 5.26. The standard InChI is InChI=1S/C14H26N4O2/c1-3-7-18-14(13(19-2)10-16-18)12(17-15)9-11-6-4-5-8-20-11/h10-12,17H,3-9,15H2,1-2H3. The van der Waals surface area contributed by atoms with Crippen molar-refractivity contribution in [2.24, 2.45) is 5.84 Å². The van der Waals surface area contributed by atoms with Crippen LogP contribution in [0.3, 0.4) is 0 Å². The van der Waals surface area contributed by atoms with E-state index >= 15 is 0 Å². The number of hydrogen-bond acceptors (Lipinski definition) is 5. The van der Waals surface area contributed by atoms with Crippen molar-refractivity contribution >= 4 is 0 Å². The first-order valence-corrected chi connectivity index (χ1v) is 7.47. The molecule has 2 rings (SSSR count). The number of nitrogens with two attached hydrogens (primary N) is 1. The molecule has 1 aromatic heterocycles. The number of hydrazine groups is 1. The topological polar surface area (TPSA) is 74.3 Å². The molecular formula is C14H26N4O2. The number of nitrogens with one attached hydrogen (secondary N) is 1. The third-order valence-electron chi connectivity index (χ3n) is 3.80. The Bertz CT molecular complexity index is 402. The van der Waals surface area contributed by atoms with E-state index in [-0.39, 0.29) is 12.1 Å². The van der Waals surface area contributed by atoms with E-state index in [4.69, 9.17) is 15.3 Å². The van der Waals surface area contributed by atoms with Gasteiger partial charge in [0.2, 0.25) is 0 Å². The molecule has 1 fully saturated rings. The lowest BCUT2D eigenvalue weighted by molar-refractivity contribution is 0.00436. The number of rotatable bonds is 7. The van der Waals surface area contributed by atoms with Gasteiger partial charge in [-0.1, -0.05) is 6.92 Å². The smallest absolute Gasteiger partial charge is 0.161 e. The van der Waals surface area contributed by atoms with Gasteiger partial charge in [-0.05, 0) is 32.1 Å². The van der Waals surface area contributed by atoms with E-state index in [1.165, 1.54) is 6.42 Å². The van der Waals surface area contributed by atoms with Crippen molar-refractivity contribution < 1.29 is 9.47 Å². The number of methoxy groups -OCH3 is 1. The van der Waals surface area contributed by atoms with Gasteiger partial charge in [-0.25, -0.2) is 0 Å². The molecule has 6 heteroatoms. The van der Waals surface area contributed by atoms with Crippen molar-refractivity contribution in [2.75, 3.05) is 13.7 Å². The molecule has 1 aliphatic rings. The van der Waals surface area contributed by atoms with Crippen LogP contribution < -0.4 is 16.0 Å². The van der Waals surface area contributed by atoms with Crippen molar-refractivity contribution in [2.45, 2.75) is 57.7 Å². The average Bonchev–Trinajstić information content (AvgIpc) is 2.89. The molecule has 3 N–H and O–H groups in total. The van der Waals surface area contributed by atoms with Gasteiger partial charge in [0.05, 0.1) is 31.1 Å². The normalized spacial score (nSPS) is 20.9. The van der Waals surface area contributed by atoms with Crippen molar-refractivity contribution in [1.29, 1.82) is 0 Å². The summed E-state index contributed by atoms with van der Waals surface area (Å²) in [4.78, 5) is 0. The van der Waals surface area contributed by atoms with Crippen LogP contribution in [0.25, 0.3) is 0 Å². The monoisotopic (exact) mass is 282 g/mol. The molecule has 0 spiro atoms. The third-order valence-corrected chi connectivity index (χ3v) is 3.80. The molecule has 0 radical (unpaired) electrons. The summed E-state index contributed by atoms with van der Waals surface area (Å²) < 4.78 is 13.2. The predicted molar refractivity (Wildman–Crippen MR) is 77.3 cm³/mol. The number of aromatic nitrogens is 2. The molecule has 1 aliphatic heterocycles. The fourth-order valence-corrected chi connectivity index (χ4v) is 2.79. The molecule has 0 aromatic carbocycles. The molecule has 1 aromatic rings. The second kappa shape index (κ2) is 7.61. The summed E-state index contributed by atoms with van der Waals surface area (Å²) in [5, 5.41) is 4.39. The number of hydrogen-bond donors (Lipinski definition) is 2. The Balaban J connectivity index is 2.14. The van der Waals surface area contributed by atoms with Crippen LogP contribution >= 0.6 is 0 Å². The largest absolute Gasteiger partial charge is 0.493 e. The number of nitrogens with zero attached hydrogens (tertiary/aromatic N) is 2. The van der Waals surface area contributed by atoms with E-state index in [2.05, 4.69) is 17.4 Å². The SMILES string of the molecule is CCCn1ncc(OC)c1C(CC1CCCCO1)NN. The maximum absolute atomic E-state index is 5.82. The van der Waals surface area contributed by atoms with Crippen molar-refractivity contribution in [1.82, 2.24) is 15.2 Å². The minimum absolute atomic E-state index is 0.00194. The summed E-state index contributed by atoms with van der Waals surface area (Å²) in [6.07, 6.45) is 7.39. The van der Waals surface area contributed by atoms with Crippen LogP contribution in [0.5, 0.6) is 5.75 Å². The summed E-state index contributed by atoms with van der Waals surface area (Å²) in [6, 6.07) is 0.00194. The summed E-state index contributed by atoms with van der Waals surface area (Å²) >= 11 is 0. The lowest BCUT2D eigenvalue weighted by Crippen LogP contribution is -2.34. The van der Waals surface area contributed by atoms with Crippen LogP contribution in [0.15, 0.2) is 6.20 Å². The molecule has 0 bridgehead atoms. The van der Waals surface area contributed by atoms with E-state index in [9.17, 15) is 0 Å². The van der Waals surface area contributed by atoms with Gasteiger partial charge in [0, 0.05) is 13.2 Å². The Labute approximate surface area is 120 Å². The first-order chi connectivity index (χ1) is 9.80. The Morgan fingerprint density at radius 3 is 3.05 bits per heavy atom. The van der Waals surface area contributed by atoms with Crippen LogP contribution in [0.1, 0.15) is 50.8 Å². The van der Waals surface area contributed by atoms with Gasteiger partial charge in [-0.3, -0.25) is 16.0 Å². The lowest BCUT2D eigenvalue weighted by atomic mass is 10.00. The van der Waals surface area contributed by atoms with Crippen molar-refractivity contribution in [3.8, 4) is 5.75 Å². The first-order valence-electron chi connectivity index (χ1n) is 7.47. The van der Waals surface area contributed by atoms with Gasteiger partial charge in [0.1, 0.15) is 0 Å². The van der Waals surface area contributed by atoms with E-state index in [1.807, 2.05) is 4.68 Å². The summed E-state index contributed by atoms with van der Waals surface area (Å²) in [5.41, 5.74) is 3.92. The van der Waals surface area contributed by atoms with E-state index < -0.39 is 0 Å². The Morgan fingerprint density at radius 2 is 2.45 bits per heavy atom. The molecule has 0 aliphatic carbocycles. The van der Waals surface area contributed by atoms with Gasteiger partial charge in [-0.15, -0.1) is 0 Å². The highest BCUT2D eigenvalue weighted by atomic mass is 16.5. The van der Waals surface area contributed by atoms with Gasteiger partial charge in [0.25, 0.3) is 0 Å². The fraction of sp³-hybridized carbons (Fsp3) is 0.786. The highest BCUT2D eigenvalue weighted by molar-refractivity contribution is 5.28. The van der Waals surface area contributed by atoms with Gasteiger partial charge < -0.3 is 9.47 Å². The molecule has 20 heavy (non-hydrogen) atoms. The fourth-order valence-electron chi connectivity index (χ4n) is 2.79. The summed E-state index contributed by atoms with van der Waals surface area (Å²) in [6.45, 7) is 3.85. The molecular weight excluding hydrogens is 256 g/mol. The molecule has 2 heterocycles. The zero-order valence-electron chi connectivity index (χ0n) is 12.5. The molecule has 2 unspecified atom stereocenters. The molecule has 114 valence electrons. The first kappa shape index (κ1) is 15.3. The predicted octanol–water partition coefficient (Wildman–Crippen LogP) is 1.77. The maximum Gasteiger partial charge on any atom is 0.161 e. The van der Waals surface area contributed by atoms with Crippen LogP contribution in [0, 0.1) is 0 Å². The van der Waals surface area contributed by atoms with Crippen molar-refractivity contribution in [3.05, 3.63) is 11.9 Å². The number of aryl methyl sites for hydroxylation is 1. The Morgan fingerprint density at radius 1 is 1.60 bits per heavy atom. The molecule has 2 atom stereocenters. The third kappa shape index (κ3) is 3.50. The quantitative estimate of drug-likeness (QED) is 0.589. The Hall–Kier alpha value is -1.11. The summed E-state index contributed by atoms with van der Waals surface area (Å²) in [7, 11) is 1.67. The average molecular weight is 282 g/mol. The Kier molecular flexibility index (Phi) is 5.82. The van der Waals surface area contributed by atoms with Crippen LogP contribution in [0.4, 0.5) is 0 Å². The zero-order chi connectivity index (χ0) is 14.4. The van der Waals surface area contributed by atoms with Crippen LogP contribution in [0.2, 0.25) is 0 Å². The maximum atomic E-state index is 5.82. The molecule has 0 saturated carbocycles. The molecule has 1 saturated heterocycles. The van der Waals surface area contributed by atoms with E-state index in [1.54, 1.807) is 13.3 Å². The van der Waals surface area contributed by atoms with Gasteiger partial charge in [-0.2, -0.15) is 5.10 Å². The second-order valence-corrected chi connectivity index (χ2v) is 5.26. The summed E-state index contributed by atoms with van der Waals surface area (Å²) in [5.74, 6) is 6.56. The zero-order valence-corrected chi connectivity index (χ0v) is 12.5. The minimum atomic E-state index is 0.00194. The van der Waals surface area contributed by atoms with E-state index in [0.717, 1.165) is 50.3 Å². The highest BCUT2D eigenvalue weighted by Crippen LogP contribution is 2.30. The van der Waals surface area contributed by atoms with Gasteiger partial charge in [0.15, 0.2) is 5.75 Å². The molecule has 0 amide bonds. The lowest BCUT2D eigenvalue weighted by Gasteiger charge is -2.27. The highest BCUT2D eigenvalue weighted by Gasteiger charge is 2.25. The number of ether oxygens (including phenoxy) is 2. The molecule has 6 nitrogen and oxygen atoms in total. The van der Waals surface area contributed by atoms with Crippen LogP contribution in [-0.4, -0.2) is 29.6 Å². The van der Waals surface area contributed by atoms with Crippen LogP contribution in [-0.2, 0) is 11.3 Å². The van der Waals surface area contributed by atoms with Gasteiger partial charge >= 0.3 is 0 Å². The minimum Gasteiger partial charge on any atom is -0.493 e. The van der Waals surface area contributed by atoms with E-state index in [0.29, 0.717) is 0 Å².